The molecule has 0 heterocycles. The number of aromatic carboxylic acids is 1. The van der Waals surface area contributed by atoms with Gasteiger partial charge in [-0.25, -0.2) is 4.79 Å². The number of hydrogen-bond acceptors (Lipinski definition) is 4. The fourth-order valence-electron chi connectivity index (χ4n) is 1.93. The molecule has 23 heavy (non-hydrogen) atoms. The lowest BCUT2D eigenvalue weighted by molar-refractivity contribution is -0.131. The van der Waals surface area contributed by atoms with Gasteiger partial charge in [-0.05, 0) is 24.3 Å². The molecule has 0 saturated carbocycles. The van der Waals surface area contributed by atoms with Gasteiger partial charge in [-0.1, -0.05) is 35.3 Å². The summed E-state index contributed by atoms with van der Waals surface area (Å²) in [6, 6.07) is 8.56. The van der Waals surface area contributed by atoms with Crippen molar-refractivity contribution in [2.75, 3.05) is 0 Å². The summed E-state index contributed by atoms with van der Waals surface area (Å²) in [5.41, 5.74) is -0.0474. The maximum absolute atomic E-state index is 12.4. The zero-order valence-corrected chi connectivity index (χ0v) is 13.3. The van der Waals surface area contributed by atoms with E-state index in [9.17, 15) is 19.5 Å². The molecule has 2 rings (SSSR count). The molecule has 0 amide bonds. The average Bonchev–Trinajstić information content (AvgIpc) is 2.47. The maximum atomic E-state index is 12.4. The number of halogens is 2. The number of ketones is 1. The molecule has 0 aliphatic rings. The first-order valence-corrected chi connectivity index (χ1v) is 7.10. The van der Waals surface area contributed by atoms with E-state index in [1.54, 1.807) is 18.2 Å². The number of carbonyl (C=O) groups excluding carboxylic acids is 2. The first kappa shape index (κ1) is 17.0. The van der Waals surface area contributed by atoms with Crippen LogP contribution in [0.2, 0.25) is 10.0 Å². The van der Waals surface area contributed by atoms with Crippen LogP contribution in [0.3, 0.4) is 0 Å². The zero-order valence-electron chi connectivity index (χ0n) is 11.8. The highest BCUT2D eigenvalue weighted by atomic mass is 35.5. The number of ether oxygens (including phenoxy) is 1. The van der Waals surface area contributed by atoms with Gasteiger partial charge in [0.2, 0.25) is 0 Å². The van der Waals surface area contributed by atoms with Gasteiger partial charge >= 0.3 is 11.9 Å². The summed E-state index contributed by atoms with van der Waals surface area (Å²) in [6.07, 6.45) is 0. The summed E-state index contributed by atoms with van der Waals surface area (Å²) < 4.78 is 4.81. The SMILES string of the molecule is CC(=O)Oc1c(Cl)cc(C(=O)c2cccc(Cl)c2)cc1C(=O)O. The van der Waals surface area contributed by atoms with Crippen LogP contribution in [0.5, 0.6) is 5.75 Å². The molecule has 0 unspecified atom stereocenters. The summed E-state index contributed by atoms with van der Waals surface area (Å²) >= 11 is 11.8. The fraction of sp³-hybridized carbons (Fsp3) is 0.0625. The molecule has 118 valence electrons. The molecule has 0 fully saturated rings. The monoisotopic (exact) mass is 352 g/mol. The largest absolute Gasteiger partial charge is 0.478 e. The Kier molecular flexibility index (Phi) is 5.03. The number of carboxylic acid groups (broad SMARTS) is 1. The van der Waals surface area contributed by atoms with Crippen molar-refractivity contribution < 1.29 is 24.2 Å². The number of carboxylic acids is 1. The number of hydrogen-bond donors (Lipinski definition) is 1. The summed E-state index contributed by atoms with van der Waals surface area (Å²) in [7, 11) is 0. The topological polar surface area (TPSA) is 80.7 Å². The molecule has 7 heteroatoms. The average molecular weight is 353 g/mol. The van der Waals surface area contributed by atoms with Crippen molar-refractivity contribution in [1.82, 2.24) is 0 Å². The molecular formula is C16H10Cl2O5. The van der Waals surface area contributed by atoms with Gasteiger partial charge in [0.25, 0.3) is 0 Å². The lowest BCUT2D eigenvalue weighted by Gasteiger charge is -2.10. The molecule has 0 aliphatic heterocycles. The van der Waals surface area contributed by atoms with Crippen LogP contribution in [0.15, 0.2) is 36.4 Å². The van der Waals surface area contributed by atoms with Crippen molar-refractivity contribution in [3.63, 3.8) is 0 Å². The molecule has 5 nitrogen and oxygen atoms in total. The second kappa shape index (κ2) is 6.81. The van der Waals surface area contributed by atoms with Crippen molar-refractivity contribution in [1.29, 1.82) is 0 Å². The Morgan fingerprint density at radius 3 is 2.30 bits per heavy atom. The van der Waals surface area contributed by atoms with E-state index >= 15 is 0 Å². The summed E-state index contributed by atoms with van der Waals surface area (Å²) in [5.74, 6) is -2.84. The van der Waals surface area contributed by atoms with Crippen LogP contribution in [0, 0.1) is 0 Å². The Bertz CT molecular complexity index is 814. The Hall–Kier alpha value is -2.37. The van der Waals surface area contributed by atoms with Crippen molar-refractivity contribution in [3.8, 4) is 5.75 Å². The van der Waals surface area contributed by atoms with E-state index < -0.39 is 17.7 Å². The number of benzene rings is 2. The normalized spacial score (nSPS) is 10.2. The Labute approximate surface area is 141 Å². The highest BCUT2D eigenvalue weighted by Crippen LogP contribution is 2.32. The highest BCUT2D eigenvalue weighted by molar-refractivity contribution is 6.33. The van der Waals surface area contributed by atoms with Crippen LogP contribution >= 0.6 is 23.2 Å². The molecule has 0 spiro atoms. The minimum absolute atomic E-state index is 0.0468. The van der Waals surface area contributed by atoms with Gasteiger partial charge < -0.3 is 9.84 Å². The molecule has 0 aliphatic carbocycles. The van der Waals surface area contributed by atoms with Crippen molar-refractivity contribution in [2.24, 2.45) is 0 Å². The standard InChI is InChI=1S/C16H10Cl2O5/c1-8(19)23-15-12(16(21)22)6-10(7-13(15)18)14(20)9-3-2-4-11(17)5-9/h2-7H,1H3,(H,21,22). The minimum atomic E-state index is -1.37. The molecule has 0 atom stereocenters. The molecule has 2 aromatic carbocycles. The van der Waals surface area contributed by atoms with Gasteiger partial charge in [-0.3, -0.25) is 9.59 Å². The third-order valence-electron chi connectivity index (χ3n) is 2.87. The fourth-order valence-corrected chi connectivity index (χ4v) is 2.38. The van der Waals surface area contributed by atoms with E-state index in [0.29, 0.717) is 5.02 Å². The van der Waals surface area contributed by atoms with Gasteiger partial charge in [-0.15, -0.1) is 0 Å². The van der Waals surface area contributed by atoms with Crippen LogP contribution in [-0.2, 0) is 4.79 Å². The lowest BCUT2D eigenvalue weighted by atomic mass is 10.0. The summed E-state index contributed by atoms with van der Waals surface area (Å²) in [5, 5.41) is 9.47. The van der Waals surface area contributed by atoms with Crippen LogP contribution in [0.1, 0.15) is 33.2 Å². The minimum Gasteiger partial charge on any atom is -0.478 e. The second-order valence-electron chi connectivity index (χ2n) is 4.57. The number of esters is 1. The van der Waals surface area contributed by atoms with Crippen molar-refractivity contribution >= 4 is 40.9 Å². The Morgan fingerprint density at radius 1 is 1.04 bits per heavy atom. The van der Waals surface area contributed by atoms with Crippen molar-refractivity contribution in [3.05, 3.63) is 63.1 Å². The highest BCUT2D eigenvalue weighted by Gasteiger charge is 2.21. The van der Waals surface area contributed by atoms with E-state index in [0.717, 1.165) is 13.0 Å². The number of carbonyl (C=O) groups is 3. The molecule has 0 saturated heterocycles. The van der Waals surface area contributed by atoms with Crippen LogP contribution in [0.25, 0.3) is 0 Å². The maximum Gasteiger partial charge on any atom is 0.339 e. The first-order chi connectivity index (χ1) is 10.8. The van der Waals surface area contributed by atoms with Crippen LogP contribution in [0.4, 0.5) is 0 Å². The van der Waals surface area contributed by atoms with E-state index in [1.807, 2.05) is 0 Å². The predicted molar refractivity (Wildman–Crippen MR) is 84.6 cm³/mol. The van der Waals surface area contributed by atoms with Gasteiger partial charge in [0.1, 0.15) is 5.56 Å². The zero-order chi connectivity index (χ0) is 17.1. The molecule has 0 bridgehead atoms. The Morgan fingerprint density at radius 2 is 1.74 bits per heavy atom. The van der Waals surface area contributed by atoms with Crippen LogP contribution in [-0.4, -0.2) is 22.8 Å². The molecule has 1 N–H and O–H groups in total. The summed E-state index contributed by atoms with van der Waals surface area (Å²) in [6.45, 7) is 1.12. The molecule has 0 radical (unpaired) electrons. The van der Waals surface area contributed by atoms with Gasteiger partial charge in [0.15, 0.2) is 11.5 Å². The van der Waals surface area contributed by atoms with Gasteiger partial charge in [-0.2, -0.15) is 0 Å². The lowest BCUT2D eigenvalue weighted by Crippen LogP contribution is -2.10. The third-order valence-corrected chi connectivity index (χ3v) is 3.38. The van der Waals surface area contributed by atoms with Gasteiger partial charge in [0.05, 0.1) is 5.02 Å². The third kappa shape index (κ3) is 3.88. The quantitative estimate of drug-likeness (QED) is 0.513. The second-order valence-corrected chi connectivity index (χ2v) is 5.42. The first-order valence-electron chi connectivity index (χ1n) is 6.35. The molecule has 0 aromatic heterocycles. The summed E-state index contributed by atoms with van der Waals surface area (Å²) in [4.78, 5) is 34.8. The number of rotatable bonds is 4. The molecule has 2 aromatic rings. The van der Waals surface area contributed by atoms with E-state index in [2.05, 4.69) is 0 Å². The van der Waals surface area contributed by atoms with Crippen LogP contribution < -0.4 is 4.74 Å². The predicted octanol–water partition coefficient (Wildman–Crippen LogP) is 3.85. The molecular weight excluding hydrogens is 343 g/mol. The Balaban J connectivity index is 2.54. The van der Waals surface area contributed by atoms with E-state index in [4.69, 9.17) is 27.9 Å². The smallest absolute Gasteiger partial charge is 0.339 e. The van der Waals surface area contributed by atoms with Crippen molar-refractivity contribution in [2.45, 2.75) is 6.92 Å². The van der Waals surface area contributed by atoms with E-state index in [-0.39, 0.29) is 27.5 Å². The van der Waals surface area contributed by atoms with Gasteiger partial charge in [0, 0.05) is 23.1 Å². The van der Waals surface area contributed by atoms with E-state index in [1.165, 1.54) is 12.1 Å².